The van der Waals surface area contributed by atoms with E-state index in [2.05, 4.69) is 32.3 Å². The van der Waals surface area contributed by atoms with E-state index in [0.29, 0.717) is 16.8 Å². The number of nitrogens with zero attached hydrogens (tertiary/aromatic N) is 1. The molecule has 136 valence electrons. The predicted molar refractivity (Wildman–Crippen MR) is 107 cm³/mol. The first-order valence-corrected chi connectivity index (χ1v) is 9.01. The van der Waals surface area contributed by atoms with Gasteiger partial charge < -0.3 is 10.1 Å². The number of hydrogen-bond acceptors (Lipinski definition) is 3. The Labute approximate surface area is 154 Å². The summed E-state index contributed by atoms with van der Waals surface area (Å²) < 4.78 is 18.5. The molecule has 0 radical (unpaired) electrons. The molecule has 0 atom stereocenters. The zero-order valence-electron chi connectivity index (χ0n) is 15.6. The van der Waals surface area contributed by atoms with Gasteiger partial charge in [-0.2, -0.15) is 4.39 Å². The standard InChI is InChI=1S/C15H18BrFN2O.2C2H6/c1-3-4-6-12(7-5-10-20-2)11-18-14-9-8-13(16)15(17)19-14;2*1-2/h3-5,7-10H,6,11H2,1-2H3,(H,18,19);2*1-2H3/b4-3?,10-5+,12-7+;;. The normalized spacial score (nSPS) is 10.8. The van der Waals surface area contributed by atoms with E-state index in [1.807, 2.05) is 52.8 Å². The summed E-state index contributed by atoms with van der Waals surface area (Å²) in [4.78, 5) is 3.81. The van der Waals surface area contributed by atoms with Crippen molar-refractivity contribution in [3.63, 3.8) is 0 Å². The molecular weight excluding hydrogens is 371 g/mol. The summed E-state index contributed by atoms with van der Waals surface area (Å²) in [5.74, 6) is -0.0129. The van der Waals surface area contributed by atoms with Crippen molar-refractivity contribution in [2.45, 2.75) is 41.0 Å². The summed E-state index contributed by atoms with van der Waals surface area (Å²) in [5.41, 5.74) is 1.14. The average molecular weight is 401 g/mol. The van der Waals surface area contributed by atoms with Gasteiger partial charge in [0.25, 0.3) is 0 Å². The molecule has 0 saturated carbocycles. The van der Waals surface area contributed by atoms with Crippen molar-refractivity contribution in [2.75, 3.05) is 19.0 Å². The molecule has 0 bridgehead atoms. The number of aromatic nitrogens is 1. The molecule has 0 saturated heterocycles. The van der Waals surface area contributed by atoms with Crippen LogP contribution < -0.4 is 5.32 Å². The Hall–Kier alpha value is -1.62. The monoisotopic (exact) mass is 400 g/mol. The van der Waals surface area contributed by atoms with E-state index >= 15 is 0 Å². The lowest BCUT2D eigenvalue weighted by molar-refractivity contribution is 0.338. The number of halogens is 2. The van der Waals surface area contributed by atoms with Gasteiger partial charge in [0, 0.05) is 6.54 Å². The lowest BCUT2D eigenvalue weighted by atomic mass is 10.1. The van der Waals surface area contributed by atoms with Gasteiger partial charge in [-0.3, -0.25) is 0 Å². The Morgan fingerprint density at radius 2 is 1.96 bits per heavy atom. The second-order valence-corrected chi connectivity index (χ2v) is 4.84. The van der Waals surface area contributed by atoms with Gasteiger partial charge in [0.15, 0.2) is 0 Å². The Balaban J connectivity index is 0. The van der Waals surface area contributed by atoms with E-state index in [1.165, 1.54) is 0 Å². The molecule has 0 amide bonds. The van der Waals surface area contributed by atoms with Crippen LogP contribution in [0.2, 0.25) is 0 Å². The molecular formula is C19H30BrFN2O. The summed E-state index contributed by atoms with van der Waals surface area (Å²) in [6.07, 6.45) is 10.3. The molecule has 0 spiro atoms. The maximum Gasteiger partial charge on any atom is 0.229 e. The van der Waals surface area contributed by atoms with E-state index < -0.39 is 5.95 Å². The van der Waals surface area contributed by atoms with Crippen LogP contribution in [-0.2, 0) is 4.74 Å². The van der Waals surface area contributed by atoms with Gasteiger partial charge in [-0.15, -0.1) is 0 Å². The summed E-state index contributed by atoms with van der Waals surface area (Å²) in [6, 6.07) is 3.36. The van der Waals surface area contributed by atoms with Gasteiger partial charge in [-0.1, -0.05) is 45.9 Å². The van der Waals surface area contributed by atoms with Gasteiger partial charge in [0.2, 0.25) is 5.95 Å². The molecule has 24 heavy (non-hydrogen) atoms. The zero-order chi connectivity index (χ0) is 18.8. The van der Waals surface area contributed by atoms with Crippen LogP contribution in [0.5, 0.6) is 0 Å². The zero-order valence-corrected chi connectivity index (χ0v) is 17.2. The number of ether oxygens (including phenoxy) is 1. The molecule has 0 fully saturated rings. The minimum Gasteiger partial charge on any atom is -0.504 e. The number of allylic oxidation sites excluding steroid dienone is 4. The number of hydrogen-bond donors (Lipinski definition) is 1. The number of anilines is 1. The van der Waals surface area contributed by atoms with Crippen LogP contribution >= 0.6 is 15.9 Å². The molecule has 0 aliphatic carbocycles. The van der Waals surface area contributed by atoms with Crippen molar-refractivity contribution in [2.24, 2.45) is 0 Å². The van der Waals surface area contributed by atoms with Crippen LogP contribution in [0, 0.1) is 5.95 Å². The van der Waals surface area contributed by atoms with Gasteiger partial charge >= 0.3 is 0 Å². The second kappa shape index (κ2) is 17.7. The smallest absolute Gasteiger partial charge is 0.229 e. The molecule has 0 aromatic carbocycles. The fourth-order valence-electron chi connectivity index (χ4n) is 1.44. The van der Waals surface area contributed by atoms with E-state index in [1.54, 1.807) is 25.5 Å². The molecule has 3 nitrogen and oxygen atoms in total. The third-order valence-corrected chi connectivity index (χ3v) is 3.05. The highest BCUT2D eigenvalue weighted by Gasteiger charge is 2.02. The Morgan fingerprint density at radius 1 is 1.29 bits per heavy atom. The van der Waals surface area contributed by atoms with Crippen LogP contribution in [-0.4, -0.2) is 18.6 Å². The third kappa shape index (κ3) is 11.9. The average Bonchev–Trinajstić information content (AvgIpc) is 2.63. The van der Waals surface area contributed by atoms with Crippen molar-refractivity contribution < 1.29 is 9.13 Å². The van der Waals surface area contributed by atoms with Crippen LogP contribution in [0.4, 0.5) is 10.2 Å². The molecule has 1 heterocycles. The molecule has 1 aromatic heterocycles. The molecule has 1 N–H and O–H groups in total. The van der Waals surface area contributed by atoms with Crippen LogP contribution in [0.15, 0.2) is 52.7 Å². The van der Waals surface area contributed by atoms with Gasteiger partial charge in [0.05, 0.1) is 17.8 Å². The van der Waals surface area contributed by atoms with E-state index in [4.69, 9.17) is 4.74 Å². The maximum atomic E-state index is 13.3. The number of pyridine rings is 1. The Bertz CT molecular complexity index is 514. The highest BCUT2D eigenvalue weighted by molar-refractivity contribution is 9.10. The maximum absolute atomic E-state index is 13.3. The fourth-order valence-corrected chi connectivity index (χ4v) is 1.66. The predicted octanol–water partition coefficient (Wildman–Crippen LogP) is 6.50. The number of rotatable bonds is 7. The van der Waals surface area contributed by atoms with Gasteiger partial charge in [-0.05, 0) is 53.1 Å². The van der Waals surface area contributed by atoms with Gasteiger partial charge in [0.1, 0.15) is 5.82 Å². The Morgan fingerprint density at radius 3 is 2.50 bits per heavy atom. The first-order valence-electron chi connectivity index (χ1n) is 8.21. The van der Waals surface area contributed by atoms with Crippen molar-refractivity contribution in [3.05, 3.63) is 58.7 Å². The molecule has 5 heteroatoms. The third-order valence-electron chi connectivity index (χ3n) is 2.46. The molecule has 1 rings (SSSR count). The minimum atomic E-state index is -0.520. The van der Waals surface area contributed by atoms with Crippen molar-refractivity contribution in [1.29, 1.82) is 0 Å². The SMILES string of the molecule is CC.CC.CC=CC/C(=C\C=C\OC)CNc1ccc(Br)c(F)n1. The van der Waals surface area contributed by atoms with Crippen molar-refractivity contribution >= 4 is 21.7 Å². The second-order valence-electron chi connectivity index (χ2n) is 3.98. The van der Waals surface area contributed by atoms with Gasteiger partial charge in [-0.25, -0.2) is 4.98 Å². The molecule has 1 aromatic rings. The van der Waals surface area contributed by atoms with Crippen LogP contribution in [0.3, 0.4) is 0 Å². The first-order chi connectivity index (χ1) is 11.7. The minimum absolute atomic E-state index is 0.357. The largest absolute Gasteiger partial charge is 0.504 e. The summed E-state index contributed by atoms with van der Waals surface area (Å²) in [6.45, 7) is 10.6. The highest BCUT2D eigenvalue weighted by Crippen LogP contribution is 2.16. The van der Waals surface area contributed by atoms with E-state index in [-0.39, 0.29) is 0 Å². The number of methoxy groups -OCH3 is 1. The lowest BCUT2D eigenvalue weighted by Crippen LogP contribution is -2.06. The Kier molecular flexibility index (Phi) is 18.2. The van der Waals surface area contributed by atoms with Crippen LogP contribution in [0.25, 0.3) is 0 Å². The summed E-state index contributed by atoms with van der Waals surface area (Å²) in [5, 5.41) is 3.10. The van der Waals surface area contributed by atoms with E-state index in [9.17, 15) is 4.39 Å². The fraction of sp³-hybridized carbons (Fsp3) is 0.421. The highest BCUT2D eigenvalue weighted by atomic mass is 79.9. The van der Waals surface area contributed by atoms with Crippen molar-refractivity contribution in [1.82, 2.24) is 4.98 Å². The summed E-state index contributed by atoms with van der Waals surface area (Å²) in [7, 11) is 1.60. The summed E-state index contributed by atoms with van der Waals surface area (Å²) >= 11 is 3.08. The first kappa shape index (κ1) is 24.6. The molecule has 0 aliphatic rings. The quantitative estimate of drug-likeness (QED) is 0.245. The molecule has 0 aliphatic heterocycles. The molecule has 0 unspecified atom stereocenters. The van der Waals surface area contributed by atoms with E-state index in [0.717, 1.165) is 12.0 Å². The van der Waals surface area contributed by atoms with Crippen LogP contribution in [0.1, 0.15) is 41.0 Å². The topological polar surface area (TPSA) is 34.1 Å². The lowest BCUT2D eigenvalue weighted by Gasteiger charge is -2.08. The number of nitrogens with one attached hydrogen (secondary N) is 1. The van der Waals surface area contributed by atoms with Crippen molar-refractivity contribution in [3.8, 4) is 0 Å².